The van der Waals surface area contributed by atoms with E-state index in [0.717, 1.165) is 19.3 Å². The standard InChI is InChI=1S/C32H70N4/c1-16-20-35(21-17-2)27(5)24-28(6,7)33-29(8,9)25-30(10,11)34-31(12,13)26-32(14,15)36(22-18-3)23-19-4/h27,33-34H,16-26H2,1-15H3. The highest BCUT2D eigenvalue weighted by molar-refractivity contribution is 5.00. The molecule has 218 valence electrons. The largest absolute Gasteiger partial charge is 0.307 e. The van der Waals surface area contributed by atoms with Crippen LogP contribution in [0.4, 0.5) is 0 Å². The van der Waals surface area contributed by atoms with Gasteiger partial charge in [-0.25, -0.2) is 0 Å². The van der Waals surface area contributed by atoms with E-state index in [-0.39, 0.29) is 27.7 Å². The zero-order valence-corrected chi connectivity index (χ0v) is 27.7. The molecule has 4 heteroatoms. The lowest BCUT2D eigenvalue weighted by molar-refractivity contribution is 0.0695. The summed E-state index contributed by atoms with van der Waals surface area (Å²) in [7, 11) is 0. The van der Waals surface area contributed by atoms with Crippen molar-refractivity contribution in [2.45, 2.75) is 183 Å². The molecule has 0 radical (unpaired) electrons. The average Bonchev–Trinajstić information content (AvgIpc) is 2.63. The highest BCUT2D eigenvalue weighted by atomic mass is 15.2. The molecule has 0 aromatic heterocycles. The molecule has 0 aromatic rings. The molecule has 0 fully saturated rings. The van der Waals surface area contributed by atoms with Crippen LogP contribution in [0, 0.1) is 0 Å². The van der Waals surface area contributed by atoms with E-state index < -0.39 is 0 Å². The van der Waals surface area contributed by atoms with E-state index >= 15 is 0 Å². The van der Waals surface area contributed by atoms with Gasteiger partial charge in [0, 0.05) is 33.7 Å². The van der Waals surface area contributed by atoms with Crippen LogP contribution in [-0.4, -0.2) is 69.7 Å². The van der Waals surface area contributed by atoms with Gasteiger partial charge in [-0.15, -0.1) is 0 Å². The van der Waals surface area contributed by atoms with E-state index in [1.807, 2.05) is 0 Å². The zero-order chi connectivity index (χ0) is 28.4. The molecule has 0 saturated heterocycles. The van der Waals surface area contributed by atoms with Crippen molar-refractivity contribution in [3.8, 4) is 0 Å². The molecule has 0 spiro atoms. The molecule has 0 amide bonds. The third kappa shape index (κ3) is 14.1. The first-order valence-corrected chi connectivity index (χ1v) is 15.3. The zero-order valence-electron chi connectivity index (χ0n) is 27.7. The molecule has 0 aliphatic carbocycles. The van der Waals surface area contributed by atoms with Gasteiger partial charge in [0.05, 0.1) is 0 Å². The third-order valence-electron chi connectivity index (χ3n) is 7.41. The van der Waals surface area contributed by atoms with Crippen molar-refractivity contribution in [3.63, 3.8) is 0 Å². The summed E-state index contributed by atoms with van der Waals surface area (Å²) in [6.07, 6.45) is 8.25. The Morgan fingerprint density at radius 3 is 1.28 bits per heavy atom. The molecule has 4 nitrogen and oxygen atoms in total. The van der Waals surface area contributed by atoms with Crippen molar-refractivity contribution in [1.29, 1.82) is 0 Å². The molecule has 0 bridgehead atoms. The fraction of sp³-hybridized carbons (Fsp3) is 1.00. The number of rotatable bonds is 20. The molecule has 1 atom stereocenters. The quantitative estimate of drug-likeness (QED) is 0.174. The van der Waals surface area contributed by atoms with Gasteiger partial charge in [0.25, 0.3) is 0 Å². The predicted octanol–water partition coefficient (Wildman–Crippen LogP) is 7.86. The Morgan fingerprint density at radius 1 is 0.528 bits per heavy atom. The van der Waals surface area contributed by atoms with Crippen LogP contribution >= 0.6 is 0 Å². The van der Waals surface area contributed by atoms with Gasteiger partial charge in [0.1, 0.15) is 0 Å². The first-order chi connectivity index (χ1) is 16.3. The Hall–Kier alpha value is -0.160. The van der Waals surface area contributed by atoms with E-state index in [4.69, 9.17) is 0 Å². The van der Waals surface area contributed by atoms with Gasteiger partial charge < -0.3 is 15.5 Å². The first-order valence-electron chi connectivity index (χ1n) is 15.3. The van der Waals surface area contributed by atoms with Crippen LogP contribution in [-0.2, 0) is 0 Å². The molecule has 0 aromatic carbocycles. The minimum Gasteiger partial charge on any atom is -0.307 e. The molecule has 36 heavy (non-hydrogen) atoms. The highest BCUT2D eigenvalue weighted by Gasteiger charge is 2.39. The summed E-state index contributed by atoms with van der Waals surface area (Å²) in [6.45, 7) is 40.4. The van der Waals surface area contributed by atoms with Gasteiger partial charge in [0.15, 0.2) is 0 Å². The second-order valence-electron chi connectivity index (χ2n) is 15.0. The maximum atomic E-state index is 4.09. The predicted molar refractivity (Wildman–Crippen MR) is 164 cm³/mol. The summed E-state index contributed by atoms with van der Waals surface area (Å²) in [5, 5.41) is 8.16. The molecule has 0 aliphatic rings. The SMILES string of the molecule is CCCN(CCC)C(C)CC(C)(C)NC(C)(C)CC(C)(C)NC(C)(C)CC(C)(C)N(CCC)CCC. The van der Waals surface area contributed by atoms with E-state index in [1.165, 1.54) is 51.9 Å². The van der Waals surface area contributed by atoms with E-state index in [0.29, 0.717) is 6.04 Å². The number of nitrogens with one attached hydrogen (secondary N) is 2. The Bertz CT molecular complexity index is 579. The van der Waals surface area contributed by atoms with Crippen molar-refractivity contribution in [2.24, 2.45) is 0 Å². The molecular formula is C32H70N4. The van der Waals surface area contributed by atoms with Crippen molar-refractivity contribution in [3.05, 3.63) is 0 Å². The molecule has 0 saturated carbocycles. The van der Waals surface area contributed by atoms with Crippen LogP contribution in [0.25, 0.3) is 0 Å². The summed E-state index contributed by atoms with van der Waals surface area (Å²) in [4.78, 5) is 5.37. The smallest absolute Gasteiger partial charge is 0.0170 e. The lowest BCUT2D eigenvalue weighted by atomic mass is 9.79. The van der Waals surface area contributed by atoms with Gasteiger partial charge >= 0.3 is 0 Å². The van der Waals surface area contributed by atoms with Crippen LogP contribution in [0.3, 0.4) is 0 Å². The van der Waals surface area contributed by atoms with Crippen LogP contribution in [0.1, 0.15) is 149 Å². The fourth-order valence-corrected chi connectivity index (χ4v) is 7.57. The van der Waals surface area contributed by atoms with Gasteiger partial charge in [-0.1, -0.05) is 27.7 Å². The van der Waals surface area contributed by atoms with Crippen LogP contribution in [0.2, 0.25) is 0 Å². The lowest BCUT2D eigenvalue weighted by Crippen LogP contribution is -2.62. The minimum atomic E-state index is 0.0224. The van der Waals surface area contributed by atoms with Crippen molar-refractivity contribution in [2.75, 3.05) is 26.2 Å². The Balaban J connectivity index is 5.31. The second-order valence-corrected chi connectivity index (χ2v) is 15.0. The van der Waals surface area contributed by atoms with E-state index in [9.17, 15) is 0 Å². The second kappa shape index (κ2) is 14.8. The average molecular weight is 511 g/mol. The summed E-state index contributed by atoms with van der Waals surface area (Å²) >= 11 is 0. The summed E-state index contributed by atoms with van der Waals surface area (Å²) in [6, 6.07) is 0.588. The first kappa shape index (κ1) is 35.8. The maximum absolute atomic E-state index is 4.09. The molecule has 0 heterocycles. The van der Waals surface area contributed by atoms with Crippen LogP contribution in [0.5, 0.6) is 0 Å². The highest BCUT2D eigenvalue weighted by Crippen LogP contribution is 2.31. The Labute approximate surface area is 229 Å². The molecule has 2 N–H and O–H groups in total. The maximum Gasteiger partial charge on any atom is 0.0170 e. The fourth-order valence-electron chi connectivity index (χ4n) is 7.57. The van der Waals surface area contributed by atoms with Crippen LogP contribution in [0.15, 0.2) is 0 Å². The van der Waals surface area contributed by atoms with E-state index in [2.05, 4.69) is 124 Å². The molecule has 0 rings (SSSR count). The number of nitrogens with zero attached hydrogens (tertiary/aromatic N) is 2. The summed E-state index contributed by atoms with van der Waals surface area (Å²) < 4.78 is 0. The van der Waals surface area contributed by atoms with Crippen molar-refractivity contribution >= 4 is 0 Å². The van der Waals surface area contributed by atoms with E-state index in [1.54, 1.807) is 0 Å². The Kier molecular flexibility index (Phi) is 14.8. The Morgan fingerprint density at radius 2 is 0.889 bits per heavy atom. The lowest BCUT2D eigenvalue weighted by Gasteiger charge is -2.48. The minimum absolute atomic E-state index is 0.0224. The monoisotopic (exact) mass is 511 g/mol. The van der Waals surface area contributed by atoms with Gasteiger partial charge in [-0.05, 0) is 147 Å². The van der Waals surface area contributed by atoms with Gasteiger partial charge in [-0.2, -0.15) is 0 Å². The summed E-state index contributed by atoms with van der Waals surface area (Å²) in [5.74, 6) is 0. The normalized spacial score (nSPS) is 15.2. The molecule has 1 unspecified atom stereocenters. The van der Waals surface area contributed by atoms with Crippen molar-refractivity contribution < 1.29 is 0 Å². The number of hydrogen-bond donors (Lipinski definition) is 2. The third-order valence-corrected chi connectivity index (χ3v) is 7.41. The summed E-state index contributed by atoms with van der Waals surface area (Å²) in [5.41, 5.74) is 0.356. The molecular weight excluding hydrogens is 440 g/mol. The van der Waals surface area contributed by atoms with Gasteiger partial charge in [-0.3, -0.25) is 4.90 Å². The topological polar surface area (TPSA) is 30.5 Å². The number of hydrogen-bond acceptors (Lipinski definition) is 4. The van der Waals surface area contributed by atoms with Crippen molar-refractivity contribution in [1.82, 2.24) is 20.4 Å². The van der Waals surface area contributed by atoms with Crippen LogP contribution < -0.4 is 10.6 Å². The van der Waals surface area contributed by atoms with Gasteiger partial charge in [0.2, 0.25) is 0 Å². The molecule has 0 aliphatic heterocycles.